The molecule has 7 nitrogen and oxygen atoms in total. The fraction of sp³-hybridized carbons (Fsp3) is 0.448. The molecular weight excluding hydrogens is 450 g/mol. The third-order valence-electron chi connectivity index (χ3n) is 6.87. The first-order valence-electron chi connectivity index (χ1n) is 13.2. The number of rotatable bonds is 7. The molecule has 0 aliphatic carbocycles. The van der Waals surface area contributed by atoms with Crippen LogP contribution in [0.15, 0.2) is 47.0 Å². The second kappa shape index (κ2) is 10.6. The first-order valence-corrected chi connectivity index (χ1v) is 13.2. The second-order valence-electron chi connectivity index (χ2n) is 10.2. The summed E-state index contributed by atoms with van der Waals surface area (Å²) in [5.41, 5.74) is 2.28. The summed E-state index contributed by atoms with van der Waals surface area (Å²) in [5.74, 6) is 2.32. The summed E-state index contributed by atoms with van der Waals surface area (Å²) in [7, 11) is 0. The third kappa shape index (κ3) is 5.06. The van der Waals surface area contributed by atoms with Gasteiger partial charge in [0.15, 0.2) is 0 Å². The second-order valence-corrected chi connectivity index (χ2v) is 10.2. The molecule has 4 aromatic rings. The first kappa shape index (κ1) is 24.2. The maximum Gasteiger partial charge on any atom is 0.263 e. The Balaban J connectivity index is 1.54. The molecule has 1 amide bonds. The van der Waals surface area contributed by atoms with E-state index in [1.807, 2.05) is 17.0 Å². The van der Waals surface area contributed by atoms with Crippen molar-refractivity contribution in [2.45, 2.75) is 52.9 Å². The van der Waals surface area contributed by atoms with Crippen molar-refractivity contribution < 1.29 is 9.32 Å². The molecule has 0 spiro atoms. The van der Waals surface area contributed by atoms with Crippen LogP contribution in [0.5, 0.6) is 0 Å². The monoisotopic (exact) mass is 485 g/mol. The molecule has 1 saturated heterocycles. The van der Waals surface area contributed by atoms with Gasteiger partial charge in [0.25, 0.3) is 5.71 Å². The lowest BCUT2D eigenvalue weighted by molar-refractivity contribution is -0.131. The zero-order chi connectivity index (χ0) is 25.1. The van der Waals surface area contributed by atoms with E-state index in [4.69, 9.17) is 14.5 Å². The van der Waals surface area contributed by atoms with E-state index >= 15 is 0 Å². The van der Waals surface area contributed by atoms with Gasteiger partial charge < -0.3 is 14.3 Å². The number of hydrogen-bond acceptors (Lipinski definition) is 6. The molecule has 1 fully saturated rings. The van der Waals surface area contributed by atoms with Gasteiger partial charge in [-0.2, -0.15) is 4.98 Å². The summed E-state index contributed by atoms with van der Waals surface area (Å²) in [6.07, 6.45) is 4.28. The van der Waals surface area contributed by atoms with Crippen LogP contribution < -0.4 is 4.90 Å². The number of carbonyl (C=O) groups is 1. The summed E-state index contributed by atoms with van der Waals surface area (Å²) < 4.78 is 5.81. The van der Waals surface area contributed by atoms with Gasteiger partial charge in [0.2, 0.25) is 5.91 Å². The average molecular weight is 486 g/mol. The molecule has 0 saturated carbocycles. The molecule has 0 atom stereocenters. The van der Waals surface area contributed by atoms with Crippen molar-refractivity contribution in [3.05, 3.63) is 48.3 Å². The minimum absolute atomic E-state index is 0.258. The van der Waals surface area contributed by atoms with Crippen LogP contribution >= 0.6 is 0 Å². The van der Waals surface area contributed by atoms with E-state index in [2.05, 4.69) is 61.2 Å². The average Bonchev–Trinajstić information content (AvgIpc) is 3.14. The van der Waals surface area contributed by atoms with Crippen molar-refractivity contribution in [1.29, 1.82) is 0 Å². The Morgan fingerprint density at radius 2 is 1.86 bits per heavy atom. The number of benzene rings is 2. The zero-order valence-corrected chi connectivity index (χ0v) is 21.5. The van der Waals surface area contributed by atoms with Crippen molar-refractivity contribution in [2.24, 2.45) is 5.92 Å². The van der Waals surface area contributed by atoms with Crippen molar-refractivity contribution in [2.75, 3.05) is 31.1 Å². The van der Waals surface area contributed by atoms with Crippen LogP contribution in [-0.4, -0.2) is 52.1 Å². The van der Waals surface area contributed by atoms with Crippen LogP contribution in [0.25, 0.3) is 33.1 Å². The largest absolute Gasteiger partial charge is 0.354 e. The quantitative estimate of drug-likeness (QED) is 0.326. The molecule has 188 valence electrons. The lowest BCUT2D eigenvalue weighted by Gasteiger charge is -2.24. The molecule has 0 radical (unpaired) electrons. The van der Waals surface area contributed by atoms with E-state index in [1.54, 1.807) is 0 Å². The molecule has 5 rings (SSSR count). The van der Waals surface area contributed by atoms with Crippen LogP contribution in [0.4, 0.5) is 5.82 Å². The van der Waals surface area contributed by atoms with Crippen molar-refractivity contribution in [3.63, 3.8) is 0 Å². The smallest absolute Gasteiger partial charge is 0.263 e. The molecule has 1 aliphatic rings. The highest BCUT2D eigenvalue weighted by Crippen LogP contribution is 2.35. The van der Waals surface area contributed by atoms with Gasteiger partial charge in [0, 0.05) is 44.6 Å². The molecule has 0 bridgehead atoms. The van der Waals surface area contributed by atoms with Crippen LogP contribution in [0, 0.1) is 5.92 Å². The predicted octanol–water partition coefficient (Wildman–Crippen LogP) is 5.87. The molecule has 2 aromatic carbocycles. The summed E-state index contributed by atoms with van der Waals surface area (Å²) in [4.78, 5) is 26.8. The fourth-order valence-corrected chi connectivity index (χ4v) is 4.96. The van der Waals surface area contributed by atoms with E-state index in [0.717, 1.165) is 79.0 Å². The summed E-state index contributed by atoms with van der Waals surface area (Å²) in [5, 5.41) is 7.67. The standard InChI is InChI=1S/C29H35N5O2/c1-4-5-11-25(35)33-14-8-15-34(17-16-33)28-26-27(23-13-12-21-9-6-7-10-22(21)19-23)32-36-29(26)31-24(30-28)18-20(2)3/h6-7,9-10,12-13,19-20H,4-5,8,11,14-18H2,1-3H3. The molecule has 0 unspecified atom stereocenters. The van der Waals surface area contributed by atoms with Gasteiger partial charge >= 0.3 is 0 Å². The van der Waals surface area contributed by atoms with Crippen LogP contribution in [0.2, 0.25) is 0 Å². The van der Waals surface area contributed by atoms with Gasteiger partial charge in [-0.3, -0.25) is 4.79 Å². The van der Waals surface area contributed by atoms with Gasteiger partial charge in [-0.1, -0.05) is 68.7 Å². The normalized spacial score (nSPS) is 14.7. The minimum Gasteiger partial charge on any atom is -0.354 e. The van der Waals surface area contributed by atoms with Crippen molar-refractivity contribution in [1.82, 2.24) is 20.0 Å². The number of unbranched alkanes of at least 4 members (excludes halogenated alkanes) is 1. The molecule has 1 aliphatic heterocycles. The number of nitrogens with zero attached hydrogens (tertiary/aromatic N) is 5. The van der Waals surface area contributed by atoms with Crippen LogP contribution in [0.3, 0.4) is 0 Å². The Kier molecular flexibility index (Phi) is 7.16. The lowest BCUT2D eigenvalue weighted by Crippen LogP contribution is -2.35. The Morgan fingerprint density at radius 3 is 2.67 bits per heavy atom. The predicted molar refractivity (Wildman–Crippen MR) is 144 cm³/mol. The van der Waals surface area contributed by atoms with Crippen LogP contribution in [-0.2, 0) is 11.2 Å². The number of fused-ring (bicyclic) bond motifs is 2. The van der Waals surface area contributed by atoms with Gasteiger partial charge in [-0.15, -0.1) is 0 Å². The summed E-state index contributed by atoms with van der Waals surface area (Å²) in [6.45, 7) is 9.50. The summed E-state index contributed by atoms with van der Waals surface area (Å²) in [6, 6.07) is 14.7. The zero-order valence-electron chi connectivity index (χ0n) is 21.5. The molecule has 36 heavy (non-hydrogen) atoms. The molecule has 3 heterocycles. The van der Waals surface area contributed by atoms with Crippen molar-refractivity contribution in [3.8, 4) is 11.3 Å². The molecule has 2 aromatic heterocycles. The topological polar surface area (TPSA) is 75.4 Å². The Bertz CT molecular complexity index is 1360. The highest BCUT2D eigenvalue weighted by molar-refractivity contribution is 6.00. The van der Waals surface area contributed by atoms with Gasteiger partial charge in [0.05, 0.1) is 0 Å². The number of amides is 1. The molecule has 0 N–H and O–H groups in total. The van der Waals surface area contributed by atoms with E-state index in [1.165, 1.54) is 5.39 Å². The maximum atomic E-state index is 12.7. The number of anilines is 1. The Morgan fingerprint density at radius 1 is 1.03 bits per heavy atom. The molecular formula is C29H35N5O2. The highest BCUT2D eigenvalue weighted by atomic mass is 16.5. The van der Waals surface area contributed by atoms with Gasteiger partial charge in [-0.05, 0) is 35.6 Å². The number of carbonyl (C=O) groups excluding carboxylic acids is 1. The number of hydrogen-bond donors (Lipinski definition) is 0. The van der Waals surface area contributed by atoms with E-state index in [0.29, 0.717) is 24.6 Å². The van der Waals surface area contributed by atoms with E-state index in [9.17, 15) is 4.79 Å². The number of aromatic nitrogens is 3. The highest BCUT2D eigenvalue weighted by Gasteiger charge is 2.26. The maximum absolute atomic E-state index is 12.7. The third-order valence-corrected chi connectivity index (χ3v) is 6.87. The van der Waals surface area contributed by atoms with Crippen LogP contribution in [0.1, 0.15) is 52.3 Å². The Hall–Kier alpha value is -3.48. The minimum atomic E-state index is 0.258. The summed E-state index contributed by atoms with van der Waals surface area (Å²) >= 11 is 0. The SMILES string of the molecule is CCCCC(=O)N1CCCN(c2nc(CC(C)C)nc3onc(-c4ccc5ccccc5c4)c23)CC1. The molecule has 7 heteroatoms. The Labute approximate surface area is 212 Å². The van der Waals surface area contributed by atoms with Gasteiger partial charge in [-0.25, -0.2) is 4.98 Å². The van der Waals surface area contributed by atoms with Crippen molar-refractivity contribution >= 4 is 33.6 Å². The first-order chi connectivity index (χ1) is 17.5. The lowest BCUT2D eigenvalue weighted by atomic mass is 10.0. The fourth-order valence-electron chi connectivity index (χ4n) is 4.96. The van der Waals surface area contributed by atoms with E-state index in [-0.39, 0.29) is 5.91 Å². The van der Waals surface area contributed by atoms with E-state index < -0.39 is 0 Å². The van der Waals surface area contributed by atoms with Gasteiger partial charge in [0.1, 0.15) is 22.7 Å².